The first kappa shape index (κ1) is 14.5. The van der Waals surface area contributed by atoms with Gasteiger partial charge in [-0.1, -0.05) is 53.7 Å². The van der Waals surface area contributed by atoms with E-state index >= 15 is 0 Å². The van der Waals surface area contributed by atoms with Crippen LogP contribution in [-0.2, 0) is 0 Å². The molecule has 0 spiro atoms. The number of benzene rings is 3. The summed E-state index contributed by atoms with van der Waals surface area (Å²) < 4.78 is 4.18. The second-order valence-corrected chi connectivity index (χ2v) is 6.37. The molecule has 0 saturated carbocycles. The van der Waals surface area contributed by atoms with Crippen LogP contribution in [0, 0.1) is 0 Å². The second-order valence-electron chi connectivity index (χ2n) is 6.06. The molecule has 0 aliphatic heterocycles. The highest BCUT2D eigenvalue weighted by molar-refractivity contribution is 6.18. The summed E-state index contributed by atoms with van der Waals surface area (Å²) in [6.07, 6.45) is -0.154. The van der Waals surface area contributed by atoms with Crippen LogP contribution in [0.2, 0.25) is 0 Å². The lowest BCUT2D eigenvalue weighted by Gasteiger charge is -2.19. The van der Waals surface area contributed by atoms with E-state index in [0.29, 0.717) is 5.88 Å². The number of nitrogens with zero attached hydrogens (tertiary/aromatic N) is 4. The molecule has 0 fully saturated rings. The lowest BCUT2D eigenvalue weighted by molar-refractivity contribution is 0.453. The number of alkyl halides is 1. The zero-order chi connectivity index (χ0) is 16.8. The number of rotatable bonds is 3. The van der Waals surface area contributed by atoms with Crippen LogP contribution in [-0.4, -0.2) is 25.4 Å². The molecule has 5 rings (SSSR count). The fourth-order valence-electron chi connectivity index (χ4n) is 3.62. The van der Waals surface area contributed by atoms with Crippen molar-refractivity contribution < 1.29 is 0 Å². The molecule has 0 aliphatic rings. The average Bonchev–Trinajstić information content (AvgIpc) is 3.24. The lowest BCUT2D eigenvalue weighted by Crippen LogP contribution is -2.20. The Kier molecular flexibility index (Phi) is 3.25. The van der Waals surface area contributed by atoms with E-state index in [1.807, 2.05) is 28.9 Å². The standard InChI is InChI=1S/C20H15ClN4/c21-13-20(25-19-12-6-3-9-16(19)22-23-25)24-17-10-4-1-7-14(17)15-8-2-5-11-18(15)24/h1-12,20H,13H2. The van der Waals surface area contributed by atoms with Crippen molar-refractivity contribution in [1.29, 1.82) is 0 Å². The molecule has 2 heterocycles. The molecular weight excluding hydrogens is 332 g/mol. The van der Waals surface area contributed by atoms with E-state index in [2.05, 4.69) is 63.4 Å². The predicted molar refractivity (Wildman–Crippen MR) is 102 cm³/mol. The van der Waals surface area contributed by atoms with Crippen LogP contribution in [0.15, 0.2) is 72.8 Å². The maximum absolute atomic E-state index is 6.44. The van der Waals surface area contributed by atoms with Gasteiger partial charge in [-0.15, -0.1) is 16.7 Å². The van der Waals surface area contributed by atoms with Gasteiger partial charge in [0.2, 0.25) is 0 Å². The van der Waals surface area contributed by atoms with Crippen molar-refractivity contribution >= 4 is 44.4 Å². The summed E-state index contributed by atoms with van der Waals surface area (Å²) in [6, 6.07) is 24.8. The Morgan fingerprint density at radius 1 is 0.760 bits per heavy atom. The van der Waals surface area contributed by atoms with Gasteiger partial charge in [0.15, 0.2) is 0 Å². The fraction of sp³-hybridized carbons (Fsp3) is 0.100. The Morgan fingerprint density at radius 3 is 1.96 bits per heavy atom. The van der Waals surface area contributed by atoms with Crippen LogP contribution in [0.4, 0.5) is 0 Å². The molecule has 122 valence electrons. The second kappa shape index (κ2) is 5.60. The number of fused-ring (bicyclic) bond motifs is 4. The molecule has 0 aliphatic carbocycles. The molecule has 5 aromatic rings. The summed E-state index contributed by atoms with van der Waals surface area (Å²) in [5, 5.41) is 11.1. The molecular formula is C20H15ClN4. The first-order chi connectivity index (χ1) is 12.4. The van der Waals surface area contributed by atoms with E-state index in [4.69, 9.17) is 11.6 Å². The predicted octanol–water partition coefficient (Wildman–Crippen LogP) is 4.82. The van der Waals surface area contributed by atoms with Crippen LogP contribution in [0.5, 0.6) is 0 Å². The molecule has 3 aromatic carbocycles. The molecule has 0 saturated heterocycles. The lowest BCUT2D eigenvalue weighted by atomic mass is 10.2. The molecule has 5 heteroatoms. The minimum absolute atomic E-state index is 0.154. The molecule has 25 heavy (non-hydrogen) atoms. The van der Waals surface area contributed by atoms with E-state index in [1.54, 1.807) is 0 Å². The number of hydrogen-bond donors (Lipinski definition) is 0. The van der Waals surface area contributed by atoms with Gasteiger partial charge in [-0.3, -0.25) is 0 Å². The van der Waals surface area contributed by atoms with Crippen molar-refractivity contribution in [2.24, 2.45) is 0 Å². The van der Waals surface area contributed by atoms with E-state index < -0.39 is 0 Å². The maximum Gasteiger partial charge on any atom is 0.143 e. The van der Waals surface area contributed by atoms with Gasteiger partial charge in [0.25, 0.3) is 0 Å². The number of para-hydroxylation sites is 3. The topological polar surface area (TPSA) is 35.6 Å². The van der Waals surface area contributed by atoms with Crippen molar-refractivity contribution in [1.82, 2.24) is 19.6 Å². The summed E-state index contributed by atoms with van der Waals surface area (Å²) in [5.74, 6) is 0.399. The summed E-state index contributed by atoms with van der Waals surface area (Å²) in [7, 11) is 0. The highest BCUT2D eigenvalue weighted by Gasteiger charge is 2.21. The van der Waals surface area contributed by atoms with Gasteiger partial charge in [0.05, 0.1) is 22.4 Å². The molecule has 4 nitrogen and oxygen atoms in total. The molecule has 0 amide bonds. The zero-order valence-electron chi connectivity index (χ0n) is 13.4. The van der Waals surface area contributed by atoms with E-state index in [-0.39, 0.29) is 6.17 Å². The summed E-state index contributed by atoms with van der Waals surface area (Å²) in [5.41, 5.74) is 4.15. The molecule has 1 atom stereocenters. The van der Waals surface area contributed by atoms with Crippen molar-refractivity contribution in [3.8, 4) is 0 Å². The Bertz CT molecular complexity index is 1150. The molecule has 0 N–H and O–H groups in total. The maximum atomic E-state index is 6.44. The smallest absolute Gasteiger partial charge is 0.143 e. The normalized spacial score (nSPS) is 13.0. The van der Waals surface area contributed by atoms with Gasteiger partial charge in [-0.05, 0) is 24.3 Å². The quantitative estimate of drug-likeness (QED) is 0.439. The summed E-state index contributed by atoms with van der Waals surface area (Å²) in [4.78, 5) is 0. The van der Waals surface area contributed by atoms with Crippen LogP contribution >= 0.6 is 11.6 Å². The minimum atomic E-state index is -0.154. The highest BCUT2D eigenvalue weighted by atomic mass is 35.5. The Hall–Kier alpha value is -2.85. The largest absolute Gasteiger partial charge is 0.316 e. The first-order valence-corrected chi connectivity index (χ1v) is 8.75. The van der Waals surface area contributed by atoms with Crippen molar-refractivity contribution in [2.75, 3.05) is 5.88 Å². The highest BCUT2D eigenvalue weighted by Crippen LogP contribution is 2.33. The minimum Gasteiger partial charge on any atom is -0.316 e. The number of aromatic nitrogens is 4. The van der Waals surface area contributed by atoms with Gasteiger partial charge in [0, 0.05) is 10.8 Å². The van der Waals surface area contributed by atoms with Gasteiger partial charge in [-0.25, -0.2) is 4.68 Å². The van der Waals surface area contributed by atoms with Crippen molar-refractivity contribution in [3.05, 3.63) is 72.8 Å². The van der Waals surface area contributed by atoms with Crippen LogP contribution < -0.4 is 0 Å². The third kappa shape index (κ3) is 2.07. The third-order valence-corrected chi connectivity index (χ3v) is 4.99. The van der Waals surface area contributed by atoms with Crippen LogP contribution in [0.25, 0.3) is 32.8 Å². The Morgan fingerprint density at radius 2 is 1.32 bits per heavy atom. The van der Waals surface area contributed by atoms with Crippen molar-refractivity contribution in [3.63, 3.8) is 0 Å². The molecule has 2 aromatic heterocycles. The summed E-state index contributed by atoms with van der Waals surface area (Å²) >= 11 is 6.44. The number of hydrogen-bond acceptors (Lipinski definition) is 2. The molecule has 0 bridgehead atoms. The van der Waals surface area contributed by atoms with Gasteiger partial charge >= 0.3 is 0 Å². The Labute approximate surface area is 149 Å². The van der Waals surface area contributed by atoms with Gasteiger partial charge < -0.3 is 4.57 Å². The third-order valence-electron chi connectivity index (χ3n) is 4.71. The van der Waals surface area contributed by atoms with Crippen LogP contribution in [0.1, 0.15) is 6.17 Å². The monoisotopic (exact) mass is 346 g/mol. The van der Waals surface area contributed by atoms with E-state index in [9.17, 15) is 0 Å². The fourth-order valence-corrected chi connectivity index (χ4v) is 3.89. The summed E-state index contributed by atoms with van der Waals surface area (Å²) in [6.45, 7) is 0. The Balaban J connectivity index is 1.86. The van der Waals surface area contributed by atoms with E-state index in [0.717, 1.165) is 22.1 Å². The number of halogens is 1. The van der Waals surface area contributed by atoms with E-state index in [1.165, 1.54) is 10.8 Å². The average molecular weight is 347 g/mol. The zero-order valence-corrected chi connectivity index (χ0v) is 14.1. The molecule has 0 radical (unpaired) electrons. The molecule has 1 unspecified atom stereocenters. The first-order valence-electron chi connectivity index (χ1n) is 8.22. The van der Waals surface area contributed by atoms with Gasteiger partial charge in [0.1, 0.15) is 11.7 Å². The van der Waals surface area contributed by atoms with Crippen LogP contribution in [0.3, 0.4) is 0 Å². The van der Waals surface area contributed by atoms with Crippen molar-refractivity contribution in [2.45, 2.75) is 6.17 Å². The SMILES string of the molecule is ClCC(n1nnc2ccccc21)n1c2ccccc2c2ccccc21. The van der Waals surface area contributed by atoms with Gasteiger partial charge in [-0.2, -0.15) is 0 Å².